The highest BCUT2D eigenvalue weighted by molar-refractivity contribution is 6.37. The number of halogens is 3. The first-order chi connectivity index (χ1) is 10.5. The Hall–Kier alpha value is -1.91. The number of anilines is 1. The van der Waals surface area contributed by atoms with Gasteiger partial charge in [-0.15, -0.1) is 0 Å². The van der Waals surface area contributed by atoms with Crippen LogP contribution < -0.4 is 4.90 Å². The molecule has 3 rings (SSSR count). The predicted molar refractivity (Wildman–Crippen MR) is 86.8 cm³/mol. The Morgan fingerprint density at radius 3 is 2.59 bits per heavy atom. The molecule has 3 nitrogen and oxygen atoms in total. The highest BCUT2D eigenvalue weighted by Gasteiger charge is 2.30. The third-order valence-corrected chi connectivity index (χ3v) is 4.05. The number of carbonyl (C=O) groups is 1. The zero-order valence-corrected chi connectivity index (χ0v) is 13.1. The van der Waals surface area contributed by atoms with Crippen LogP contribution in [0.1, 0.15) is 11.1 Å². The molecule has 1 atom stereocenters. The van der Waals surface area contributed by atoms with E-state index in [0.717, 1.165) is 0 Å². The van der Waals surface area contributed by atoms with Crippen molar-refractivity contribution >= 4 is 40.5 Å². The quantitative estimate of drug-likeness (QED) is 0.721. The average molecular weight is 337 g/mol. The Bertz CT molecular complexity index is 791. The van der Waals surface area contributed by atoms with Crippen LogP contribution in [-0.2, 0) is 4.79 Å². The summed E-state index contributed by atoms with van der Waals surface area (Å²) in [6.45, 7) is 0. The molecule has 1 amide bonds. The number of alkyl halides is 1. The Labute approximate surface area is 137 Å². The monoisotopic (exact) mass is 336 g/mol. The van der Waals surface area contributed by atoms with E-state index in [1.807, 2.05) is 0 Å². The van der Waals surface area contributed by atoms with Crippen molar-refractivity contribution in [3.63, 3.8) is 0 Å². The molecule has 112 valence electrons. The van der Waals surface area contributed by atoms with Crippen LogP contribution >= 0.6 is 23.2 Å². The summed E-state index contributed by atoms with van der Waals surface area (Å²) >= 11 is 12.3. The molecule has 0 radical (unpaired) electrons. The second kappa shape index (κ2) is 5.71. The lowest BCUT2D eigenvalue weighted by molar-refractivity contribution is -0.122. The Morgan fingerprint density at radius 1 is 1.14 bits per heavy atom. The van der Waals surface area contributed by atoms with Gasteiger partial charge in [0.25, 0.3) is 12.2 Å². The lowest BCUT2D eigenvalue weighted by atomic mass is 10.0. The number of nitrogens with zero attached hydrogens (tertiary/aromatic N) is 2. The van der Waals surface area contributed by atoms with Crippen molar-refractivity contribution in [2.75, 3.05) is 11.9 Å². The molecule has 1 heterocycles. The minimum atomic E-state index is -1.98. The number of hydrogen-bond donors (Lipinski definition) is 0. The molecule has 1 unspecified atom stereocenters. The zero-order valence-electron chi connectivity index (χ0n) is 11.6. The molecule has 0 bridgehead atoms. The number of fused-ring (bicyclic) bond motifs is 1. The third-order valence-electron chi connectivity index (χ3n) is 3.48. The van der Waals surface area contributed by atoms with Gasteiger partial charge in [-0.2, -0.15) is 0 Å². The number of rotatable bonds is 1. The number of hydrogen-bond acceptors (Lipinski definition) is 2. The Kier molecular flexibility index (Phi) is 3.89. The van der Waals surface area contributed by atoms with Gasteiger partial charge in [-0.25, -0.2) is 9.38 Å². The van der Waals surface area contributed by atoms with E-state index < -0.39 is 12.2 Å². The largest absolute Gasteiger partial charge is 0.311 e. The maximum absolute atomic E-state index is 14.2. The van der Waals surface area contributed by atoms with E-state index in [1.165, 1.54) is 11.9 Å². The maximum Gasteiger partial charge on any atom is 0.284 e. The average Bonchev–Trinajstić information content (AvgIpc) is 2.59. The predicted octanol–water partition coefficient (Wildman–Crippen LogP) is 4.10. The Balaban J connectivity index is 2.31. The van der Waals surface area contributed by atoms with E-state index in [9.17, 15) is 9.18 Å². The summed E-state index contributed by atoms with van der Waals surface area (Å²) in [6, 6.07) is 11.9. The van der Waals surface area contributed by atoms with E-state index in [-0.39, 0.29) is 0 Å². The van der Waals surface area contributed by atoms with Gasteiger partial charge in [-0.1, -0.05) is 41.4 Å². The normalized spacial score (nSPS) is 17.8. The first kappa shape index (κ1) is 15.0. The first-order valence-corrected chi connectivity index (χ1v) is 7.29. The number of benzodiazepines with no additional fused rings is 1. The summed E-state index contributed by atoms with van der Waals surface area (Å²) in [5.74, 6) is -0.731. The van der Waals surface area contributed by atoms with Crippen molar-refractivity contribution in [1.29, 1.82) is 0 Å². The van der Waals surface area contributed by atoms with Crippen molar-refractivity contribution < 1.29 is 9.18 Å². The molecule has 6 heteroatoms. The molecule has 0 N–H and O–H groups in total. The molecular weight excluding hydrogens is 326 g/mol. The topological polar surface area (TPSA) is 32.7 Å². The van der Waals surface area contributed by atoms with Crippen LogP contribution in [0, 0.1) is 0 Å². The van der Waals surface area contributed by atoms with Crippen molar-refractivity contribution in [3.8, 4) is 0 Å². The second-order valence-electron chi connectivity index (χ2n) is 4.85. The first-order valence-electron chi connectivity index (χ1n) is 6.53. The van der Waals surface area contributed by atoms with Gasteiger partial charge in [0.15, 0.2) is 0 Å². The van der Waals surface area contributed by atoms with E-state index >= 15 is 0 Å². The molecule has 2 aromatic carbocycles. The van der Waals surface area contributed by atoms with Crippen LogP contribution in [-0.4, -0.2) is 25.0 Å². The van der Waals surface area contributed by atoms with Crippen LogP contribution in [0.2, 0.25) is 10.0 Å². The molecule has 1 aliphatic rings. The molecular formula is C16H11Cl2FN2O. The highest BCUT2D eigenvalue weighted by Crippen LogP contribution is 2.32. The fourth-order valence-electron chi connectivity index (χ4n) is 2.37. The summed E-state index contributed by atoms with van der Waals surface area (Å²) in [5, 5.41) is 0.896. The number of carbonyl (C=O) groups excluding carboxylic acids is 1. The summed E-state index contributed by atoms with van der Waals surface area (Å²) in [4.78, 5) is 17.2. The lowest BCUT2D eigenvalue weighted by Crippen LogP contribution is -2.32. The molecule has 0 aromatic heterocycles. The molecule has 0 spiro atoms. The van der Waals surface area contributed by atoms with Gasteiger partial charge in [0.1, 0.15) is 0 Å². The molecule has 2 aromatic rings. The van der Waals surface area contributed by atoms with Gasteiger partial charge in [0.05, 0.1) is 11.4 Å². The molecule has 0 aliphatic carbocycles. The van der Waals surface area contributed by atoms with E-state index in [2.05, 4.69) is 4.99 Å². The van der Waals surface area contributed by atoms with Gasteiger partial charge >= 0.3 is 0 Å². The smallest absolute Gasteiger partial charge is 0.284 e. The third kappa shape index (κ3) is 2.49. The summed E-state index contributed by atoms with van der Waals surface area (Å²) in [7, 11) is 1.51. The van der Waals surface area contributed by atoms with E-state index in [1.54, 1.807) is 42.5 Å². The minimum absolute atomic E-state index is 0.313. The van der Waals surface area contributed by atoms with Crippen molar-refractivity contribution in [1.82, 2.24) is 0 Å². The Morgan fingerprint density at radius 2 is 1.86 bits per heavy atom. The fraction of sp³-hybridized carbons (Fsp3) is 0.125. The lowest BCUT2D eigenvalue weighted by Gasteiger charge is -2.18. The van der Waals surface area contributed by atoms with Gasteiger partial charge in [-0.3, -0.25) is 4.79 Å². The van der Waals surface area contributed by atoms with Crippen LogP contribution in [0.5, 0.6) is 0 Å². The van der Waals surface area contributed by atoms with Crippen molar-refractivity contribution in [3.05, 3.63) is 63.6 Å². The van der Waals surface area contributed by atoms with Crippen LogP contribution in [0.4, 0.5) is 10.1 Å². The number of benzene rings is 2. The SMILES string of the molecule is CN1C(=O)C(F)N=C(c2ccccc2Cl)c2cc(Cl)ccc21. The van der Waals surface area contributed by atoms with Crippen molar-refractivity contribution in [2.24, 2.45) is 4.99 Å². The van der Waals surface area contributed by atoms with Crippen LogP contribution in [0.25, 0.3) is 0 Å². The number of amides is 1. The molecule has 0 saturated heterocycles. The molecule has 22 heavy (non-hydrogen) atoms. The summed E-state index contributed by atoms with van der Waals surface area (Å²) in [5.41, 5.74) is 1.97. The summed E-state index contributed by atoms with van der Waals surface area (Å²) in [6.07, 6.45) is -1.98. The van der Waals surface area contributed by atoms with E-state index in [0.29, 0.717) is 32.6 Å². The zero-order chi connectivity index (χ0) is 15.9. The summed E-state index contributed by atoms with van der Waals surface area (Å²) < 4.78 is 14.2. The highest BCUT2D eigenvalue weighted by atomic mass is 35.5. The molecule has 1 aliphatic heterocycles. The van der Waals surface area contributed by atoms with Crippen LogP contribution in [0.15, 0.2) is 47.5 Å². The van der Waals surface area contributed by atoms with Crippen molar-refractivity contribution in [2.45, 2.75) is 6.30 Å². The van der Waals surface area contributed by atoms with Crippen LogP contribution in [0.3, 0.4) is 0 Å². The fourth-order valence-corrected chi connectivity index (χ4v) is 2.77. The standard InChI is InChI=1S/C16H11Cl2FN2O/c1-21-13-7-6-9(17)8-11(13)14(20-15(19)16(21)22)10-4-2-3-5-12(10)18/h2-8,15H,1H3. The minimum Gasteiger partial charge on any atom is -0.311 e. The van der Waals surface area contributed by atoms with Gasteiger partial charge in [0.2, 0.25) is 0 Å². The second-order valence-corrected chi connectivity index (χ2v) is 5.70. The molecule has 0 saturated carbocycles. The van der Waals surface area contributed by atoms with E-state index in [4.69, 9.17) is 23.2 Å². The van der Waals surface area contributed by atoms with Gasteiger partial charge < -0.3 is 4.90 Å². The van der Waals surface area contributed by atoms with Gasteiger partial charge in [-0.05, 0) is 24.3 Å². The molecule has 0 fully saturated rings. The maximum atomic E-state index is 14.2. The number of aliphatic imine (C=N–C) groups is 1. The van der Waals surface area contributed by atoms with Gasteiger partial charge in [0, 0.05) is 28.2 Å². The number of likely N-dealkylation sites (N-methyl/N-ethyl adjacent to an activating group) is 1.